The second-order valence-electron chi connectivity index (χ2n) is 4.40. The van der Waals surface area contributed by atoms with Crippen molar-refractivity contribution in [3.05, 3.63) is 25.3 Å². The molecule has 0 N–H and O–H groups in total. The molecule has 1 saturated carbocycles. The van der Waals surface area contributed by atoms with Crippen LogP contribution >= 0.6 is 0 Å². The number of rotatable bonds is 6. The molecule has 4 nitrogen and oxygen atoms in total. The maximum atomic E-state index is 11.8. The standard InChI is InChI=1S/C14H21NO3/c1-3-13(16)15(10-11-18-14(17)4-2)12-8-6-5-7-9-12/h3-4,12H,1-2,5-11H2. The van der Waals surface area contributed by atoms with E-state index >= 15 is 0 Å². The van der Waals surface area contributed by atoms with Crippen LogP contribution in [0.25, 0.3) is 0 Å². The normalized spacial score (nSPS) is 15.8. The third-order valence-electron chi connectivity index (χ3n) is 3.22. The van der Waals surface area contributed by atoms with E-state index in [1.54, 1.807) is 4.90 Å². The Balaban J connectivity index is 2.49. The van der Waals surface area contributed by atoms with Gasteiger partial charge in [-0.1, -0.05) is 32.4 Å². The van der Waals surface area contributed by atoms with Crippen molar-refractivity contribution in [1.29, 1.82) is 0 Å². The van der Waals surface area contributed by atoms with Gasteiger partial charge in [0.1, 0.15) is 6.61 Å². The van der Waals surface area contributed by atoms with Crippen molar-refractivity contribution in [3.63, 3.8) is 0 Å². The van der Waals surface area contributed by atoms with E-state index in [0.29, 0.717) is 6.54 Å². The lowest BCUT2D eigenvalue weighted by Gasteiger charge is -2.33. The fraction of sp³-hybridized carbons (Fsp3) is 0.571. The van der Waals surface area contributed by atoms with Gasteiger partial charge in [0.25, 0.3) is 0 Å². The summed E-state index contributed by atoms with van der Waals surface area (Å²) in [4.78, 5) is 24.5. The number of nitrogens with zero attached hydrogens (tertiary/aromatic N) is 1. The van der Waals surface area contributed by atoms with Gasteiger partial charge in [0.2, 0.25) is 5.91 Å². The quantitative estimate of drug-likeness (QED) is 0.536. The molecule has 1 aliphatic carbocycles. The summed E-state index contributed by atoms with van der Waals surface area (Å²) in [6.07, 6.45) is 8.03. The largest absolute Gasteiger partial charge is 0.461 e. The van der Waals surface area contributed by atoms with Crippen LogP contribution < -0.4 is 0 Å². The summed E-state index contributed by atoms with van der Waals surface area (Å²) in [6, 6.07) is 0.256. The molecule has 0 radical (unpaired) electrons. The maximum absolute atomic E-state index is 11.8. The second-order valence-corrected chi connectivity index (χ2v) is 4.40. The molecule has 0 saturated heterocycles. The van der Waals surface area contributed by atoms with E-state index in [9.17, 15) is 9.59 Å². The molecule has 0 heterocycles. The third-order valence-corrected chi connectivity index (χ3v) is 3.22. The number of amides is 1. The lowest BCUT2D eigenvalue weighted by atomic mass is 9.94. The van der Waals surface area contributed by atoms with Gasteiger partial charge in [-0.2, -0.15) is 0 Å². The summed E-state index contributed by atoms with van der Waals surface area (Å²) in [7, 11) is 0. The van der Waals surface area contributed by atoms with Gasteiger partial charge in [-0.05, 0) is 18.9 Å². The molecule has 0 atom stereocenters. The number of carbonyl (C=O) groups excluding carboxylic acids is 2. The summed E-state index contributed by atoms with van der Waals surface area (Å²) in [5.74, 6) is -0.541. The van der Waals surface area contributed by atoms with Gasteiger partial charge >= 0.3 is 5.97 Å². The van der Waals surface area contributed by atoms with Crippen molar-refractivity contribution >= 4 is 11.9 Å². The van der Waals surface area contributed by atoms with Crippen LogP contribution in [0.15, 0.2) is 25.3 Å². The van der Waals surface area contributed by atoms with E-state index in [1.165, 1.54) is 12.5 Å². The van der Waals surface area contributed by atoms with Gasteiger partial charge in [0, 0.05) is 12.1 Å². The molecular formula is C14H21NO3. The molecule has 1 amide bonds. The van der Waals surface area contributed by atoms with Crippen LogP contribution in [0.3, 0.4) is 0 Å². The van der Waals surface area contributed by atoms with Crippen LogP contribution in [-0.4, -0.2) is 36.0 Å². The molecule has 1 rings (SSSR count). The van der Waals surface area contributed by atoms with E-state index in [2.05, 4.69) is 13.2 Å². The summed E-state index contributed by atoms with van der Waals surface area (Å²) < 4.78 is 4.92. The molecule has 1 fully saturated rings. The van der Waals surface area contributed by atoms with Gasteiger partial charge < -0.3 is 9.64 Å². The molecule has 0 bridgehead atoms. The molecular weight excluding hydrogens is 230 g/mol. The number of ether oxygens (including phenoxy) is 1. The zero-order valence-corrected chi connectivity index (χ0v) is 10.8. The maximum Gasteiger partial charge on any atom is 0.330 e. The fourth-order valence-electron chi connectivity index (χ4n) is 2.29. The molecule has 4 heteroatoms. The van der Waals surface area contributed by atoms with E-state index in [1.807, 2.05) is 0 Å². The zero-order valence-electron chi connectivity index (χ0n) is 10.8. The second kappa shape index (κ2) is 7.69. The van der Waals surface area contributed by atoms with Crippen molar-refractivity contribution in [1.82, 2.24) is 4.90 Å². The van der Waals surface area contributed by atoms with Crippen molar-refractivity contribution in [2.45, 2.75) is 38.1 Å². The van der Waals surface area contributed by atoms with Crippen LogP contribution in [0.1, 0.15) is 32.1 Å². The predicted molar refractivity (Wildman–Crippen MR) is 69.9 cm³/mol. The molecule has 0 unspecified atom stereocenters. The van der Waals surface area contributed by atoms with Crippen LogP contribution in [0, 0.1) is 0 Å². The number of carbonyl (C=O) groups is 2. The summed E-state index contributed by atoms with van der Waals surface area (Å²) in [5, 5.41) is 0. The molecule has 0 aromatic carbocycles. The Kier molecular flexibility index (Phi) is 6.19. The molecule has 0 spiro atoms. The van der Waals surface area contributed by atoms with Crippen LogP contribution in [0.2, 0.25) is 0 Å². The monoisotopic (exact) mass is 251 g/mol. The Labute approximate surface area is 108 Å². The highest BCUT2D eigenvalue weighted by Crippen LogP contribution is 2.22. The first-order valence-corrected chi connectivity index (χ1v) is 6.41. The molecule has 1 aliphatic rings. The van der Waals surface area contributed by atoms with Gasteiger partial charge in [0.05, 0.1) is 6.54 Å². The molecule has 0 aromatic heterocycles. The summed E-state index contributed by atoms with van der Waals surface area (Å²) in [5.41, 5.74) is 0. The van der Waals surface area contributed by atoms with Gasteiger partial charge in [0.15, 0.2) is 0 Å². The first-order chi connectivity index (χ1) is 8.69. The minimum Gasteiger partial charge on any atom is -0.461 e. The highest BCUT2D eigenvalue weighted by atomic mass is 16.5. The Bertz CT molecular complexity index is 319. The van der Waals surface area contributed by atoms with Crippen LogP contribution in [0.5, 0.6) is 0 Å². The number of hydrogen-bond acceptors (Lipinski definition) is 3. The van der Waals surface area contributed by atoms with Gasteiger partial charge in [-0.25, -0.2) is 4.79 Å². The highest BCUT2D eigenvalue weighted by Gasteiger charge is 2.23. The minimum atomic E-state index is -0.454. The Morgan fingerprint density at radius 3 is 2.39 bits per heavy atom. The Morgan fingerprint density at radius 2 is 1.83 bits per heavy atom. The van der Waals surface area contributed by atoms with Crippen molar-refractivity contribution < 1.29 is 14.3 Å². The minimum absolute atomic E-state index is 0.0865. The lowest BCUT2D eigenvalue weighted by molar-refractivity contribution is -0.140. The summed E-state index contributed by atoms with van der Waals surface area (Å²) in [6.45, 7) is 7.48. The van der Waals surface area contributed by atoms with Crippen molar-refractivity contribution in [2.75, 3.05) is 13.2 Å². The zero-order chi connectivity index (χ0) is 13.4. The topological polar surface area (TPSA) is 46.6 Å². The summed E-state index contributed by atoms with van der Waals surface area (Å²) >= 11 is 0. The number of hydrogen-bond donors (Lipinski definition) is 0. The van der Waals surface area contributed by atoms with Crippen molar-refractivity contribution in [3.8, 4) is 0 Å². The molecule has 0 aliphatic heterocycles. The smallest absolute Gasteiger partial charge is 0.330 e. The predicted octanol–water partition coefficient (Wildman–Crippen LogP) is 2.06. The first kappa shape index (κ1) is 14.5. The molecule has 18 heavy (non-hydrogen) atoms. The molecule has 100 valence electrons. The third kappa shape index (κ3) is 4.35. The first-order valence-electron chi connectivity index (χ1n) is 6.41. The van der Waals surface area contributed by atoms with Crippen LogP contribution in [-0.2, 0) is 14.3 Å². The van der Waals surface area contributed by atoms with Gasteiger partial charge in [-0.3, -0.25) is 4.79 Å². The van der Waals surface area contributed by atoms with Crippen molar-refractivity contribution in [2.24, 2.45) is 0 Å². The fourth-order valence-corrected chi connectivity index (χ4v) is 2.29. The van der Waals surface area contributed by atoms with E-state index in [4.69, 9.17) is 4.74 Å². The number of esters is 1. The highest BCUT2D eigenvalue weighted by molar-refractivity contribution is 5.87. The van der Waals surface area contributed by atoms with Gasteiger partial charge in [-0.15, -0.1) is 0 Å². The Morgan fingerprint density at radius 1 is 1.17 bits per heavy atom. The lowest BCUT2D eigenvalue weighted by Crippen LogP contribution is -2.42. The molecule has 0 aromatic rings. The van der Waals surface area contributed by atoms with Crippen LogP contribution in [0.4, 0.5) is 0 Å². The Hall–Kier alpha value is -1.58. The average Bonchev–Trinajstić information content (AvgIpc) is 2.43. The average molecular weight is 251 g/mol. The van der Waals surface area contributed by atoms with E-state index in [0.717, 1.165) is 31.8 Å². The van der Waals surface area contributed by atoms with E-state index < -0.39 is 5.97 Å². The van der Waals surface area contributed by atoms with E-state index in [-0.39, 0.29) is 18.6 Å². The SMILES string of the molecule is C=CC(=O)OCCN(C(=O)C=C)C1CCCCC1.